The van der Waals surface area contributed by atoms with E-state index in [0.29, 0.717) is 16.3 Å². The van der Waals surface area contributed by atoms with Crippen molar-refractivity contribution in [2.75, 3.05) is 6.61 Å². The number of carbonyl (C=O) groups is 1. The van der Waals surface area contributed by atoms with Gasteiger partial charge in [-0.05, 0) is 31.2 Å². The first-order valence-corrected chi connectivity index (χ1v) is 8.63. The summed E-state index contributed by atoms with van der Waals surface area (Å²) in [7, 11) is 0. The molecule has 0 aliphatic carbocycles. The third-order valence-corrected chi connectivity index (χ3v) is 4.95. The molecule has 3 aromatic rings. The largest absolute Gasteiger partial charge is 0.485 e. The molecule has 0 saturated heterocycles. The van der Waals surface area contributed by atoms with Crippen molar-refractivity contribution >= 4 is 27.5 Å². The van der Waals surface area contributed by atoms with E-state index >= 15 is 0 Å². The highest BCUT2D eigenvalue weighted by Gasteiger charge is 2.27. The van der Waals surface area contributed by atoms with Crippen LogP contribution in [0.4, 0.5) is 0 Å². The molecule has 6 heteroatoms. The molecule has 0 N–H and O–H groups in total. The Hall–Kier alpha value is -2.60. The number of thiazole rings is 1. The van der Waals surface area contributed by atoms with Crippen molar-refractivity contribution in [1.29, 1.82) is 0 Å². The van der Waals surface area contributed by atoms with Crippen molar-refractivity contribution < 1.29 is 14.3 Å². The molecule has 24 heavy (non-hydrogen) atoms. The lowest BCUT2D eigenvalue weighted by atomic mass is 10.2. The van der Waals surface area contributed by atoms with Crippen LogP contribution in [0.15, 0.2) is 53.5 Å². The average Bonchev–Trinajstić information content (AvgIpc) is 2.98. The number of hydrogen-bond acceptors (Lipinski definition) is 4. The lowest BCUT2D eigenvalue weighted by molar-refractivity contribution is -0.127. The zero-order valence-corrected chi connectivity index (χ0v) is 14.0. The number of amides is 1. The van der Waals surface area contributed by atoms with Crippen molar-refractivity contribution in [3.63, 3.8) is 0 Å². The Morgan fingerprint density at radius 3 is 2.79 bits per heavy atom. The number of aromatic nitrogens is 1. The smallest absolute Gasteiger partial charge is 0.292 e. The normalized spacial score (nSPS) is 17.2. The maximum atomic E-state index is 12.5. The van der Waals surface area contributed by atoms with Gasteiger partial charge in [0.15, 0.2) is 16.3 Å². The van der Waals surface area contributed by atoms with Crippen LogP contribution < -0.4 is 14.3 Å². The van der Waals surface area contributed by atoms with E-state index in [1.165, 1.54) is 11.3 Å². The Balaban J connectivity index is 1.68. The van der Waals surface area contributed by atoms with Crippen LogP contribution in [-0.2, 0) is 11.3 Å². The summed E-state index contributed by atoms with van der Waals surface area (Å²) in [5.74, 6) is 0.919. The highest BCUT2D eigenvalue weighted by Crippen LogP contribution is 2.31. The molecule has 0 spiro atoms. The first-order valence-electron chi connectivity index (χ1n) is 7.81. The van der Waals surface area contributed by atoms with Crippen LogP contribution in [0.25, 0.3) is 10.2 Å². The van der Waals surface area contributed by atoms with E-state index in [-0.39, 0.29) is 12.5 Å². The molecule has 2 aromatic carbocycles. The van der Waals surface area contributed by atoms with Gasteiger partial charge in [-0.15, -0.1) is 0 Å². The highest BCUT2D eigenvalue weighted by atomic mass is 32.1. The van der Waals surface area contributed by atoms with Gasteiger partial charge in [-0.3, -0.25) is 4.79 Å². The first-order chi connectivity index (χ1) is 11.8. The molecule has 0 saturated carbocycles. The molecule has 0 radical (unpaired) electrons. The minimum Gasteiger partial charge on any atom is -0.485 e. The maximum absolute atomic E-state index is 12.5. The predicted molar refractivity (Wildman–Crippen MR) is 92.4 cm³/mol. The molecule has 0 fully saturated rings. The first kappa shape index (κ1) is 15.0. The van der Waals surface area contributed by atoms with Crippen LogP contribution in [0.5, 0.6) is 11.5 Å². The van der Waals surface area contributed by atoms with Gasteiger partial charge >= 0.3 is 0 Å². The van der Waals surface area contributed by atoms with E-state index in [0.717, 1.165) is 16.8 Å². The molecule has 122 valence electrons. The standard InChI is InChI=1S/C18H16N2O3S/c1-2-20-12-7-3-6-10-16(12)24-18(20)19-17(21)15-11-22-13-8-4-5-9-14(13)23-15/h3-10,15H,2,11H2,1H3/t15-/m1/s1. The second kappa shape index (κ2) is 6.13. The van der Waals surface area contributed by atoms with Gasteiger partial charge in [0.05, 0.1) is 10.2 Å². The van der Waals surface area contributed by atoms with E-state index in [9.17, 15) is 4.79 Å². The topological polar surface area (TPSA) is 52.8 Å². The zero-order valence-electron chi connectivity index (χ0n) is 13.1. The number of benzene rings is 2. The summed E-state index contributed by atoms with van der Waals surface area (Å²) in [4.78, 5) is 17.5. The van der Waals surface area contributed by atoms with E-state index in [1.54, 1.807) is 6.07 Å². The van der Waals surface area contributed by atoms with Gasteiger partial charge in [0.25, 0.3) is 5.91 Å². The molecule has 1 atom stereocenters. The molecule has 4 rings (SSSR count). The number of hydrogen-bond donors (Lipinski definition) is 0. The molecule has 1 aliphatic heterocycles. The van der Waals surface area contributed by atoms with Crippen molar-refractivity contribution in [1.82, 2.24) is 4.57 Å². The third kappa shape index (κ3) is 2.59. The van der Waals surface area contributed by atoms with Gasteiger partial charge in [-0.25, -0.2) is 0 Å². The fourth-order valence-corrected chi connectivity index (χ4v) is 3.82. The van der Waals surface area contributed by atoms with Crippen LogP contribution in [0, 0.1) is 0 Å². The summed E-state index contributed by atoms with van der Waals surface area (Å²) in [6.07, 6.45) is -0.713. The molecule has 1 amide bonds. The number of nitrogens with zero attached hydrogens (tertiary/aromatic N) is 2. The number of ether oxygens (including phenoxy) is 2. The van der Waals surface area contributed by atoms with Crippen molar-refractivity contribution in [2.24, 2.45) is 4.99 Å². The van der Waals surface area contributed by atoms with Crippen LogP contribution in [0.2, 0.25) is 0 Å². The Morgan fingerprint density at radius 2 is 1.96 bits per heavy atom. The monoisotopic (exact) mass is 340 g/mol. The number of aryl methyl sites for hydroxylation is 1. The Labute approximate surface area is 142 Å². The lowest BCUT2D eigenvalue weighted by Gasteiger charge is -2.23. The van der Waals surface area contributed by atoms with Gasteiger partial charge in [-0.2, -0.15) is 4.99 Å². The summed E-state index contributed by atoms with van der Waals surface area (Å²) in [6, 6.07) is 15.4. The summed E-state index contributed by atoms with van der Waals surface area (Å²) in [6.45, 7) is 2.97. The number of para-hydroxylation sites is 3. The van der Waals surface area contributed by atoms with Gasteiger partial charge < -0.3 is 14.0 Å². The van der Waals surface area contributed by atoms with Crippen LogP contribution in [0.1, 0.15) is 6.92 Å². The number of rotatable bonds is 2. The second-order valence-corrected chi connectivity index (χ2v) is 6.42. The maximum Gasteiger partial charge on any atom is 0.292 e. The Kier molecular flexibility index (Phi) is 3.82. The number of fused-ring (bicyclic) bond motifs is 2. The Bertz CT molecular complexity index is 974. The van der Waals surface area contributed by atoms with Gasteiger partial charge in [0, 0.05) is 6.54 Å². The molecular formula is C18H16N2O3S. The van der Waals surface area contributed by atoms with Crippen molar-refractivity contribution in [3.8, 4) is 11.5 Å². The van der Waals surface area contributed by atoms with Gasteiger partial charge in [-0.1, -0.05) is 35.6 Å². The average molecular weight is 340 g/mol. The van der Waals surface area contributed by atoms with E-state index in [1.807, 2.05) is 54.0 Å². The van der Waals surface area contributed by atoms with Gasteiger partial charge in [0.1, 0.15) is 6.61 Å². The second-order valence-electron chi connectivity index (χ2n) is 5.41. The summed E-state index contributed by atoms with van der Waals surface area (Å²) in [5, 5.41) is 0. The van der Waals surface area contributed by atoms with Crippen LogP contribution in [0.3, 0.4) is 0 Å². The number of carbonyl (C=O) groups excluding carboxylic acids is 1. The molecular weight excluding hydrogens is 324 g/mol. The summed E-state index contributed by atoms with van der Waals surface area (Å²) >= 11 is 1.51. The molecule has 0 unspecified atom stereocenters. The van der Waals surface area contributed by atoms with Crippen LogP contribution in [-0.4, -0.2) is 23.2 Å². The molecule has 2 heterocycles. The quantitative estimate of drug-likeness (QED) is 0.721. The fourth-order valence-electron chi connectivity index (χ4n) is 2.72. The van der Waals surface area contributed by atoms with E-state index < -0.39 is 6.10 Å². The fraction of sp³-hybridized carbons (Fsp3) is 0.222. The third-order valence-electron chi connectivity index (χ3n) is 3.89. The van der Waals surface area contributed by atoms with Crippen molar-refractivity contribution in [2.45, 2.75) is 19.6 Å². The Morgan fingerprint density at radius 1 is 1.21 bits per heavy atom. The molecule has 5 nitrogen and oxygen atoms in total. The molecule has 0 bridgehead atoms. The summed E-state index contributed by atoms with van der Waals surface area (Å²) in [5.41, 5.74) is 1.09. The van der Waals surface area contributed by atoms with Gasteiger partial charge in [0.2, 0.25) is 6.10 Å². The minimum absolute atomic E-state index is 0.177. The SMILES string of the molecule is CCn1c(=NC(=O)[C@H]2COc3ccccc3O2)sc2ccccc21. The molecule has 1 aromatic heterocycles. The highest BCUT2D eigenvalue weighted by molar-refractivity contribution is 7.16. The van der Waals surface area contributed by atoms with E-state index in [2.05, 4.69) is 4.99 Å². The molecule has 1 aliphatic rings. The van der Waals surface area contributed by atoms with E-state index in [4.69, 9.17) is 9.47 Å². The zero-order chi connectivity index (χ0) is 16.5. The van der Waals surface area contributed by atoms with Crippen molar-refractivity contribution in [3.05, 3.63) is 53.3 Å². The summed E-state index contributed by atoms with van der Waals surface area (Å²) < 4.78 is 14.5. The van der Waals surface area contributed by atoms with Crippen LogP contribution >= 0.6 is 11.3 Å². The predicted octanol–water partition coefficient (Wildman–Crippen LogP) is 2.99. The lowest BCUT2D eigenvalue weighted by Crippen LogP contribution is -2.36. The minimum atomic E-state index is -0.713.